The highest BCUT2D eigenvalue weighted by Gasteiger charge is 2.29. The van der Waals surface area contributed by atoms with Crippen molar-refractivity contribution in [2.45, 2.75) is 77.3 Å². The fraction of sp³-hybridized carbons (Fsp3) is 1.00. The Labute approximate surface area is 128 Å². The summed E-state index contributed by atoms with van der Waals surface area (Å²) < 4.78 is 37.0. The number of rotatable bonds is 14. The Morgan fingerprint density at radius 2 is 1.24 bits per heavy atom. The molecule has 128 valence electrons. The van der Waals surface area contributed by atoms with Gasteiger partial charge in [-0.15, -0.1) is 0 Å². The van der Waals surface area contributed by atoms with Crippen LogP contribution >= 0.6 is 0 Å². The highest BCUT2D eigenvalue weighted by molar-refractivity contribution is 4.64. The van der Waals surface area contributed by atoms with Crippen molar-refractivity contribution >= 4 is 0 Å². The molecule has 2 N–H and O–H groups in total. The van der Waals surface area contributed by atoms with Gasteiger partial charge in [-0.3, -0.25) is 4.90 Å². The Bertz CT molecular complexity index is 220. The van der Waals surface area contributed by atoms with Crippen molar-refractivity contribution in [1.82, 2.24) is 4.90 Å². The third-order valence-electron chi connectivity index (χ3n) is 3.68. The minimum atomic E-state index is -4.12. The molecule has 2 nitrogen and oxygen atoms in total. The summed E-state index contributed by atoms with van der Waals surface area (Å²) in [5, 5.41) is 0. The van der Waals surface area contributed by atoms with E-state index >= 15 is 0 Å². The Balaban J connectivity index is 3.45. The SMILES string of the molecule is CCCCCCCCCCCCN(CCN)CC(F)(F)F. The molecule has 0 aliphatic heterocycles. The van der Waals surface area contributed by atoms with Crippen LogP contribution in [-0.2, 0) is 0 Å². The van der Waals surface area contributed by atoms with Gasteiger partial charge < -0.3 is 5.73 Å². The first-order valence-electron chi connectivity index (χ1n) is 8.48. The number of unbranched alkanes of at least 4 members (excludes halogenated alkanes) is 9. The molecule has 0 rings (SSSR count). The van der Waals surface area contributed by atoms with Gasteiger partial charge in [0.1, 0.15) is 0 Å². The van der Waals surface area contributed by atoms with E-state index in [1.165, 1.54) is 49.8 Å². The van der Waals surface area contributed by atoms with E-state index in [0.717, 1.165) is 19.3 Å². The molecule has 0 radical (unpaired) electrons. The summed E-state index contributed by atoms with van der Waals surface area (Å²) in [5.41, 5.74) is 5.36. The molecule has 0 bridgehead atoms. The van der Waals surface area contributed by atoms with E-state index in [1.807, 2.05) is 0 Å². The molecule has 21 heavy (non-hydrogen) atoms. The Morgan fingerprint density at radius 3 is 1.67 bits per heavy atom. The average molecular weight is 310 g/mol. The highest BCUT2D eigenvalue weighted by atomic mass is 19.4. The van der Waals surface area contributed by atoms with Gasteiger partial charge in [-0.2, -0.15) is 13.2 Å². The molecule has 0 amide bonds. The molecule has 0 heterocycles. The van der Waals surface area contributed by atoms with Crippen LogP contribution in [0.4, 0.5) is 13.2 Å². The van der Waals surface area contributed by atoms with Crippen LogP contribution in [0.15, 0.2) is 0 Å². The van der Waals surface area contributed by atoms with E-state index in [1.54, 1.807) is 0 Å². The van der Waals surface area contributed by atoms with E-state index in [-0.39, 0.29) is 6.54 Å². The summed E-state index contributed by atoms with van der Waals surface area (Å²) in [7, 11) is 0. The zero-order valence-corrected chi connectivity index (χ0v) is 13.6. The van der Waals surface area contributed by atoms with Gasteiger partial charge in [0.25, 0.3) is 0 Å². The molecule has 0 aliphatic rings. The zero-order valence-electron chi connectivity index (χ0n) is 13.6. The maximum Gasteiger partial charge on any atom is 0.401 e. The van der Waals surface area contributed by atoms with E-state index in [0.29, 0.717) is 13.1 Å². The van der Waals surface area contributed by atoms with Gasteiger partial charge in [-0.25, -0.2) is 0 Å². The summed E-state index contributed by atoms with van der Waals surface area (Å²) in [4.78, 5) is 1.42. The minimum Gasteiger partial charge on any atom is -0.329 e. The van der Waals surface area contributed by atoms with Gasteiger partial charge in [-0.1, -0.05) is 64.7 Å². The van der Waals surface area contributed by atoms with E-state index in [9.17, 15) is 13.2 Å². The quantitative estimate of drug-likeness (QED) is 0.470. The molecule has 0 saturated heterocycles. The summed E-state index contributed by atoms with van der Waals surface area (Å²) in [5.74, 6) is 0. The fourth-order valence-corrected chi connectivity index (χ4v) is 2.53. The van der Waals surface area contributed by atoms with Gasteiger partial charge in [-0.05, 0) is 13.0 Å². The molecule has 0 atom stereocenters. The first-order chi connectivity index (χ1) is 9.99. The second kappa shape index (κ2) is 13.4. The first kappa shape index (κ1) is 20.7. The van der Waals surface area contributed by atoms with E-state index in [2.05, 4.69) is 6.92 Å². The maximum atomic E-state index is 12.3. The largest absolute Gasteiger partial charge is 0.401 e. The summed E-state index contributed by atoms with van der Waals surface area (Å²) in [6.45, 7) is 2.51. The van der Waals surface area contributed by atoms with Crippen LogP contribution in [0.2, 0.25) is 0 Å². The van der Waals surface area contributed by atoms with Gasteiger partial charge in [0.2, 0.25) is 0 Å². The topological polar surface area (TPSA) is 29.3 Å². The standard InChI is InChI=1S/C16H33F3N2/c1-2-3-4-5-6-7-8-9-10-11-13-21(14-12-20)15-16(17,18)19/h2-15,20H2,1H3. The lowest BCUT2D eigenvalue weighted by Gasteiger charge is -2.22. The van der Waals surface area contributed by atoms with Crippen molar-refractivity contribution in [2.75, 3.05) is 26.2 Å². The number of nitrogens with zero attached hydrogens (tertiary/aromatic N) is 1. The Kier molecular flexibility index (Phi) is 13.2. The number of hydrogen-bond donors (Lipinski definition) is 1. The third-order valence-corrected chi connectivity index (χ3v) is 3.68. The van der Waals surface area contributed by atoms with Crippen molar-refractivity contribution < 1.29 is 13.2 Å². The highest BCUT2D eigenvalue weighted by Crippen LogP contribution is 2.17. The molecular weight excluding hydrogens is 277 g/mol. The number of hydrogen-bond acceptors (Lipinski definition) is 2. The second-order valence-corrected chi connectivity index (χ2v) is 5.86. The monoisotopic (exact) mass is 310 g/mol. The van der Waals surface area contributed by atoms with E-state index in [4.69, 9.17) is 5.73 Å². The lowest BCUT2D eigenvalue weighted by Crippen LogP contribution is -2.38. The van der Waals surface area contributed by atoms with Crippen LogP contribution in [0.25, 0.3) is 0 Å². The molecular formula is C16H33F3N2. The average Bonchev–Trinajstić information content (AvgIpc) is 2.39. The predicted molar refractivity (Wildman–Crippen MR) is 83.4 cm³/mol. The zero-order chi connectivity index (χ0) is 16.0. The fourth-order valence-electron chi connectivity index (χ4n) is 2.53. The summed E-state index contributed by atoms with van der Waals surface area (Å²) in [6, 6.07) is 0. The number of alkyl halides is 3. The molecule has 0 fully saturated rings. The lowest BCUT2D eigenvalue weighted by atomic mass is 10.1. The van der Waals surface area contributed by atoms with Crippen LogP contribution in [0, 0.1) is 0 Å². The predicted octanol–water partition coefficient (Wildman–Crippen LogP) is 4.73. The molecule has 0 unspecified atom stereocenters. The molecule has 0 aromatic carbocycles. The van der Waals surface area contributed by atoms with Crippen molar-refractivity contribution in [3.8, 4) is 0 Å². The molecule has 0 spiro atoms. The minimum absolute atomic E-state index is 0.286. The number of nitrogens with two attached hydrogens (primary N) is 1. The van der Waals surface area contributed by atoms with Gasteiger partial charge in [0.15, 0.2) is 0 Å². The third kappa shape index (κ3) is 15.9. The van der Waals surface area contributed by atoms with Gasteiger partial charge in [0.05, 0.1) is 6.54 Å². The molecule has 5 heteroatoms. The Morgan fingerprint density at radius 1 is 0.762 bits per heavy atom. The van der Waals surface area contributed by atoms with Crippen molar-refractivity contribution in [1.29, 1.82) is 0 Å². The lowest BCUT2D eigenvalue weighted by molar-refractivity contribution is -0.145. The van der Waals surface area contributed by atoms with E-state index < -0.39 is 12.7 Å². The smallest absolute Gasteiger partial charge is 0.329 e. The van der Waals surface area contributed by atoms with Crippen molar-refractivity contribution in [3.63, 3.8) is 0 Å². The van der Waals surface area contributed by atoms with Crippen LogP contribution in [0.1, 0.15) is 71.1 Å². The van der Waals surface area contributed by atoms with Crippen LogP contribution in [-0.4, -0.2) is 37.3 Å². The maximum absolute atomic E-state index is 12.3. The molecule has 0 aliphatic carbocycles. The van der Waals surface area contributed by atoms with Crippen LogP contribution < -0.4 is 5.73 Å². The van der Waals surface area contributed by atoms with Crippen molar-refractivity contribution in [2.24, 2.45) is 5.73 Å². The first-order valence-corrected chi connectivity index (χ1v) is 8.48. The van der Waals surface area contributed by atoms with Crippen LogP contribution in [0.3, 0.4) is 0 Å². The van der Waals surface area contributed by atoms with Gasteiger partial charge in [0, 0.05) is 13.1 Å². The molecule has 0 saturated carbocycles. The normalized spacial score (nSPS) is 12.3. The van der Waals surface area contributed by atoms with Crippen molar-refractivity contribution in [3.05, 3.63) is 0 Å². The number of halogens is 3. The molecule has 0 aromatic heterocycles. The summed E-state index contributed by atoms with van der Waals surface area (Å²) >= 11 is 0. The molecule has 0 aromatic rings. The van der Waals surface area contributed by atoms with Crippen LogP contribution in [0.5, 0.6) is 0 Å². The Hall–Kier alpha value is -0.290. The van der Waals surface area contributed by atoms with Gasteiger partial charge >= 0.3 is 6.18 Å². The summed E-state index contributed by atoms with van der Waals surface area (Å²) in [6.07, 6.45) is 7.91. The second-order valence-electron chi connectivity index (χ2n) is 5.86.